The quantitative estimate of drug-likeness (QED) is 0.295. The Hall–Kier alpha value is -1.72. The maximum Gasteiger partial charge on any atom is 0.374 e. The molecule has 0 radical (unpaired) electrons. The molecule has 0 saturated heterocycles. The number of ether oxygens (including phenoxy) is 2. The van der Waals surface area contributed by atoms with E-state index in [-0.39, 0.29) is 26.1 Å². The topological polar surface area (TPSA) is 86.7 Å². The molecule has 22 heavy (non-hydrogen) atoms. The third-order valence-corrected chi connectivity index (χ3v) is 3.06. The lowest BCUT2D eigenvalue weighted by Crippen LogP contribution is -2.17. The van der Waals surface area contributed by atoms with Crippen molar-refractivity contribution in [1.82, 2.24) is 0 Å². The third kappa shape index (κ3) is 10.1. The van der Waals surface area contributed by atoms with Gasteiger partial charge in [0.05, 0.1) is 13.2 Å². The average molecular weight is 314 g/mol. The van der Waals surface area contributed by atoms with Crippen LogP contribution < -0.4 is 0 Å². The highest BCUT2D eigenvalue weighted by Crippen LogP contribution is 2.09. The van der Waals surface area contributed by atoms with Crippen LogP contribution in [0, 0.1) is 0 Å². The first-order valence-electron chi connectivity index (χ1n) is 7.92. The van der Waals surface area contributed by atoms with Crippen molar-refractivity contribution in [3.05, 3.63) is 0 Å². The van der Waals surface area contributed by atoms with Gasteiger partial charge in [0.15, 0.2) is 0 Å². The zero-order valence-corrected chi connectivity index (χ0v) is 13.5. The molecule has 0 amide bonds. The molecular formula is C16H26O6. The molecule has 0 atom stereocenters. The van der Waals surface area contributed by atoms with E-state index in [4.69, 9.17) is 0 Å². The first kappa shape index (κ1) is 20.3. The van der Waals surface area contributed by atoms with Gasteiger partial charge < -0.3 is 9.47 Å². The summed E-state index contributed by atoms with van der Waals surface area (Å²) >= 11 is 0. The maximum absolute atomic E-state index is 11.3. The number of carbonyl (C=O) groups excluding carboxylic acids is 4. The van der Waals surface area contributed by atoms with Crippen molar-refractivity contribution in [3.8, 4) is 0 Å². The van der Waals surface area contributed by atoms with Crippen molar-refractivity contribution in [2.45, 2.75) is 65.2 Å². The standard InChI is InChI=1S/C16H26O6/c1-3-21-15(19)13(17)11-9-7-5-6-8-10-12-14(18)16(20)22-4-2/h3-12H2,1-2H3. The molecule has 0 spiro atoms. The van der Waals surface area contributed by atoms with E-state index >= 15 is 0 Å². The number of esters is 2. The molecule has 0 aromatic carbocycles. The van der Waals surface area contributed by atoms with Gasteiger partial charge in [-0.15, -0.1) is 0 Å². The molecule has 6 nitrogen and oxygen atoms in total. The van der Waals surface area contributed by atoms with Gasteiger partial charge in [0.25, 0.3) is 0 Å². The molecule has 0 aromatic rings. The summed E-state index contributed by atoms with van der Waals surface area (Å²) in [6, 6.07) is 0. The van der Waals surface area contributed by atoms with E-state index in [0.29, 0.717) is 12.8 Å². The summed E-state index contributed by atoms with van der Waals surface area (Å²) < 4.78 is 9.23. The molecule has 0 aliphatic heterocycles. The van der Waals surface area contributed by atoms with Gasteiger partial charge in [-0.25, -0.2) is 9.59 Å². The molecule has 0 saturated carbocycles. The Bertz CT molecular complexity index is 339. The normalized spacial score (nSPS) is 10.1. The van der Waals surface area contributed by atoms with Crippen LogP contribution in [0.25, 0.3) is 0 Å². The molecule has 0 fully saturated rings. The number of hydrogen-bond donors (Lipinski definition) is 0. The van der Waals surface area contributed by atoms with Crippen LogP contribution in [0.3, 0.4) is 0 Å². The lowest BCUT2D eigenvalue weighted by atomic mass is 10.1. The fourth-order valence-corrected chi connectivity index (χ4v) is 1.91. The summed E-state index contributed by atoms with van der Waals surface area (Å²) in [6.45, 7) is 3.76. The fourth-order valence-electron chi connectivity index (χ4n) is 1.91. The smallest absolute Gasteiger partial charge is 0.374 e. The van der Waals surface area contributed by atoms with Gasteiger partial charge in [0.2, 0.25) is 11.6 Å². The van der Waals surface area contributed by atoms with E-state index in [1.165, 1.54) is 0 Å². The van der Waals surface area contributed by atoms with Crippen LogP contribution in [0.2, 0.25) is 0 Å². The number of rotatable bonds is 13. The van der Waals surface area contributed by atoms with Crippen molar-refractivity contribution in [2.75, 3.05) is 13.2 Å². The predicted molar refractivity (Wildman–Crippen MR) is 80.2 cm³/mol. The van der Waals surface area contributed by atoms with Gasteiger partial charge in [-0.3, -0.25) is 9.59 Å². The highest BCUT2D eigenvalue weighted by atomic mass is 16.5. The van der Waals surface area contributed by atoms with Crippen molar-refractivity contribution in [1.29, 1.82) is 0 Å². The SMILES string of the molecule is CCOC(=O)C(=O)CCCCCCCCC(=O)C(=O)OCC. The van der Waals surface area contributed by atoms with E-state index in [1.807, 2.05) is 0 Å². The first-order valence-corrected chi connectivity index (χ1v) is 7.92. The Morgan fingerprint density at radius 3 is 1.23 bits per heavy atom. The lowest BCUT2D eigenvalue weighted by molar-refractivity contribution is -0.153. The van der Waals surface area contributed by atoms with E-state index in [1.54, 1.807) is 13.8 Å². The van der Waals surface area contributed by atoms with E-state index in [0.717, 1.165) is 25.7 Å². The maximum atomic E-state index is 11.3. The van der Waals surface area contributed by atoms with Gasteiger partial charge in [-0.1, -0.05) is 25.7 Å². The summed E-state index contributed by atoms with van der Waals surface area (Å²) in [7, 11) is 0. The van der Waals surface area contributed by atoms with Crippen LogP contribution in [0.15, 0.2) is 0 Å². The number of unbranched alkanes of at least 4 members (excludes halogenated alkanes) is 5. The molecule has 126 valence electrons. The Balaban J connectivity index is 3.48. The predicted octanol–water partition coefficient (Wildman–Crippen LogP) is 2.37. The molecule has 0 aliphatic rings. The Kier molecular flexibility index (Phi) is 12.0. The van der Waals surface area contributed by atoms with E-state index in [2.05, 4.69) is 9.47 Å². The largest absolute Gasteiger partial charge is 0.460 e. The highest BCUT2D eigenvalue weighted by molar-refractivity contribution is 6.33. The third-order valence-electron chi connectivity index (χ3n) is 3.06. The van der Waals surface area contributed by atoms with Crippen molar-refractivity contribution >= 4 is 23.5 Å². The number of carbonyl (C=O) groups is 4. The Labute approximate surface area is 131 Å². The number of Topliss-reactive ketones (excluding diaryl/α,β-unsaturated/α-hetero) is 2. The van der Waals surface area contributed by atoms with Gasteiger partial charge in [-0.05, 0) is 26.7 Å². The van der Waals surface area contributed by atoms with E-state index < -0.39 is 23.5 Å². The molecule has 0 rings (SSSR count). The zero-order chi connectivity index (χ0) is 16.8. The number of ketones is 2. The van der Waals surface area contributed by atoms with Crippen molar-refractivity contribution in [3.63, 3.8) is 0 Å². The van der Waals surface area contributed by atoms with E-state index in [9.17, 15) is 19.2 Å². The minimum Gasteiger partial charge on any atom is -0.460 e. The second kappa shape index (κ2) is 13.0. The van der Waals surface area contributed by atoms with Gasteiger partial charge in [0, 0.05) is 12.8 Å². The summed E-state index contributed by atoms with van der Waals surface area (Å²) in [5.74, 6) is -2.44. The Morgan fingerprint density at radius 2 is 0.909 bits per heavy atom. The molecular weight excluding hydrogens is 288 g/mol. The number of hydrogen-bond acceptors (Lipinski definition) is 6. The van der Waals surface area contributed by atoms with Crippen molar-refractivity contribution in [2.24, 2.45) is 0 Å². The van der Waals surface area contributed by atoms with Crippen LogP contribution in [0.1, 0.15) is 65.2 Å². The molecule has 0 aromatic heterocycles. The lowest BCUT2D eigenvalue weighted by Gasteiger charge is -2.03. The van der Waals surface area contributed by atoms with Crippen LogP contribution in [0.5, 0.6) is 0 Å². The van der Waals surface area contributed by atoms with Gasteiger partial charge in [0.1, 0.15) is 0 Å². The van der Waals surface area contributed by atoms with Crippen LogP contribution in [0.4, 0.5) is 0 Å². The van der Waals surface area contributed by atoms with Gasteiger partial charge >= 0.3 is 11.9 Å². The average Bonchev–Trinajstić information content (AvgIpc) is 2.49. The molecule has 0 heterocycles. The zero-order valence-electron chi connectivity index (χ0n) is 13.5. The molecule has 0 bridgehead atoms. The second-order valence-corrected chi connectivity index (χ2v) is 4.91. The van der Waals surface area contributed by atoms with Gasteiger partial charge in [-0.2, -0.15) is 0 Å². The molecule has 0 aliphatic carbocycles. The molecule has 0 N–H and O–H groups in total. The highest BCUT2D eigenvalue weighted by Gasteiger charge is 2.14. The van der Waals surface area contributed by atoms with Crippen LogP contribution in [-0.4, -0.2) is 36.7 Å². The Morgan fingerprint density at radius 1 is 0.591 bits per heavy atom. The summed E-state index contributed by atoms with van der Waals surface area (Å²) in [4.78, 5) is 44.8. The minimum absolute atomic E-state index is 0.217. The monoisotopic (exact) mass is 314 g/mol. The second-order valence-electron chi connectivity index (χ2n) is 4.91. The first-order chi connectivity index (χ1) is 10.5. The summed E-state index contributed by atoms with van der Waals surface area (Å²) in [6.07, 6.45) is 5.36. The molecule has 0 unspecified atom stereocenters. The minimum atomic E-state index is -0.750. The fraction of sp³-hybridized carbons (Fsp3) is 0.750. The summed E-state index contributed by atoms with van der Waals surface area (Å²) in [5.41, 5.74) is 0. The van der Waals surface area contributed by atoms with Crippen molar-refractivity contribution < 1.29 is 28.7 Å². The summed E-state index contributed by atoms with van der Waals surface area (Å²) in [5, 5.41) is 0. The molecule has 6 heteroatoms. The van der Waals surface area contributed by atoms with Crippen LogP contribution >= 0.6 is 0 Å². The van der Waals surface area contributed by atoms with Crippen LogP contribution in [-0.2, 0) is 28.7 Å².